The van der Waals surface area contributed by atoms with E-state index in [0.29, 0.717) is 29.5 Å². The number of benzene rings is 2. The van der Waals surface area contributed by atoms with Crippen LogP contribution in [0.2, 0.25) is 0 Å². The fraction of sp³-hybridized carbons (Fsp3) is 0.400. The minimum atomic E-state index is -4.84. The highest BCUT2D eigenvalue weighted by atomic mass is 19.4. The average molecular weight is 495 g/mol. The largest absolute Gasteiger partial charge is 0.573 e. The van der Waals surface area contributed by atoms with Crippen LogP contribution < -0.4 is 10.1 Å². The Balaban J connectivity index is 2.19. The number of carboxylic acids is 1. The van der Waals surface area contributed by atoms with Crippen molar-refractivity contribution in [3.05, 3.63) is 65.2 Å². The Bertz CT molecular complexity index is 990. The van der Waals surface area contributed by atoms with Crippen molar-refractivity contribution in [2.45, 2.75) is 51.3 Å². The minimum absolute atomic E-state index is 0.0450. The first-order valence-corrected chi connectivity index (χ1v) is 11.2. The first-order valence-electron chi connectivity index (χ1n) is 11.2. The molecule has 0 fully saturated rings. The molecule has 0 heterocycles. The van der Waals surface area contributed by atoms with Crippen molar-refractivity contribution in [3.63, 3.8) is 0 Å². The van der Waals surface area contributed by atoms with Crippen molar-refractivity contribution in [1.82, 2.24) is 5.32 Å². The molecule has 0 radical (unpaired) electrons. The summed E-state index contributed by atoms with van der Waals surface area (Å²) in [6.45, 7) is 3.97. The van der Waals surface area contributed by atoms with Crippen molar-refractivity contribution >= 4 is 17.8 Å². The number of carbonyl (C=O) groups is 3. The molecule has 0 aliphatic carbocycles. The topological polar surface area (TPSA) is 102 Å². The van der Waals surface area contributed by atoms with Gasteiger partial charge in [-0.25, -0.2) is 0 Å². The monoisotopic (exact) mass is 495 g/mol. The molecule has 0 aliphatic heterocycles. The quantitative estimate of drug-likeness (QED) is 0.401. The van der Waals surface area contributed by atoms with Gasteiger partial charge in [0.2, 0.25) is 0 Å². The third-order valence-electron chi connectivity index (χ3n) is 5.26. The van der Waals surface area contributed by atoms with Crippen LogP contribution in [0.5, 0.6) is 5.75 Å². The van der Waals surface area contributed by atoms with Crippen LogP contribution in [0, 0.1) is 0 Å². The van der Waals surface area contributed by atoms with Crippen molar-refractivity contribution in [1.29, 1.82) is 0 Å². The zero-order valence-electron chi connectivity index (χ0n) is 19.4. The predicted octanol–water partition coefficient (Wildman–Crippen LogP) is 5.02. The summed E-state index contributed by atoms with van der Waals surface area (Å²) in [7, 11) is 0. The molecule has 2 atom stereocenters. The highest BCUT2D eigenvalue weighted by molar-refractivity contribution is 5.94. The molecule has 0 saturated heterocycles. The van der Waals surface area contributed by atoms with Gasteiger partial charge in [0.25, 0.3) is 5.91 Å². The molecular weight excluding hydrogens is 467 g/mol. The van der Waals surface area contributed by atoms with Gasteiger partial charge >= 0.3 is 18.3 Å². The Morgan fingerprint density at radius 1 is 0.971 bits per heavy atom. The maximum Gasteiger partial charge on any atom is 0.573 e. The van der Waals surface area contributed by atoms with Crippen LogP contribution in [0.1, 0.15) is 66.4 Å². The van der Waals surface area contributed by atoms with Gasteiger partial charge in [-0.1, -0.05) is 37.6 Å². The maximum absolute atomic E-state index is 12.4. The van der Waals surface area contributed by atoms with E-state index >= 15 is 0 Å². The van der Waals surface area contributed by atoms with Gasteiger partial charge < -0.3 is 19.9 Å². The first-order chi connectivity index (χ1) is 16.6. The molecule has 35 heavy (non-hydrogen) atoms. The van der Waals surface area contributed by atoms with E-state index in [2.05, 4.69) is 10.1 Å². The van der Waals surface area contributed by atoms with Crippen LogP contribution in [0.3, 0.4) is 0 Å². The third-order valence-corrected chi connectivity index (χ3v) is 5.26. The Labute approximate surface area is 201 Å². The fourth-order valence-electron chi connectivity index (χ4n) is 3.76. The average Bonchev–Trinajstić information content (AvgIpc) is 2.79. The predicted molar refractivity (Wildman–Crippen MR) is 121 cm³/mol. The number of hydrogen-bond donors (Lipinski definition) is 2. The number of carboxylic acid groups (broad SMARTS) is 1. The van der Waals surface area contributed by atoms with Crippen molar-refractivity contribution in [3.8, 4) is 5.75 Å². The molecule has 0 spiro atoms. The Morgan fingerprint density at radius 3 is 2.09 bits per heavy atom. The van der Waals surface area contributed by atoms with Crippen LogP contribution in [0.25, 0.3) is 0 Å². The summed E-state index contributed by atoms with van der Waals surface area (Å²) in [5.41, 5.74) is 1.36. The van der Waals surface area contributed by atoms with Crippen molar-refractivity contribution in [2.24, 2.45) is 0 Å². The fourth-order valence-corrected chi connectivity index (χ4v) is 3.76. The van der Waals surface area contributed by atoms with Gasteiger partial charge in [-0.15, -0.1) is 13.2 Å². The maximum atomic E-state index is 12.4. The molecule has 2 aromatic rings. The van der Waals surface area contributed by atoms with E-state index in [1.165, 1.54) is 12.1 Å². The van der Waals surface area contributed by atoms with Gasteiger partial charge in [-0.05, 0) is 48.7 Å². The van der Waals surface area contributed by atoms with Gasteiger partial charge in [0.15, 0.2) is 0 Å². The zero-order chi connectivity index (χ0) is 26.0. The Morgan fingerprint density at radius 2 is 1.57 bits per heavy atom. The van der Waals surface area contributed by atoms with Gasteiger partial charge in [0, 0.05) is 18.0 Å². The van der Waals surface area contributed by atoms with Gasteiger partial charge in [0.05, 0.1) is 18.9 Å². The van der Waals surface area contributed by atoms with E-state index in [1.54, 1.807) is 31.2 Å². The Kier molecular flexibility index (Phi) is 10.1. The molecule has 10 heteroatoms. The number of hydrogen-bond acceptors (Lipinski definition) is 5. The van der Waals surface area contributed by atoms with Crippen LogP contribution in [0.4, 0.5) is 13.2 Å². The summed E-state index contributed by atoms with van der Waals surface area (Å²) in [6, 6.07) is 11.3. The Hall–Kier alpha value is -3.56. The van der Waals surface area contributed by atoms with Crippen LogP contribution in [0.15, 0.2) is 48.5 Å². The normalized spacial score (nSPS) is 12.9. The lowest BCUT2D eigenvalue weighted by Crippen LogP contribution is -2.26. The van der Waals surface area contributed by atoms with Crippen LogP contribution in [-0.2, 0) is 14.3 Å². The van der Waals surface area contributed by atoms with Gasteiger partial charge in [0.1, 0.15) is 5.75 Å². The summed E-state index contributed by atoms with van der Waals surface area (Å²) < 4.78 is 46.0. The molecule has 2 N–H and O–H groups in total. The van der Waals surface area contributed by atoms with E-state index in [4.69, 9.17) is 4.74 Å². The number of nitrogens with one attached hydrogen (secondary N) is 1. The minimum Gasteiger partial charge on any atom is -0.481 e. The number of alkyl halides is 3. The number of amides is 1. The highest BCUT2D eigenvalue weighted by Gasteiger charge is 2.33. The van der Waals surface area contributed by atoms with Crippen molar-refractivity contribution in [2.75, 3.05) is 13.2 Å². The lowest BCUT2D eigenvalue weighted by molar-refractivity contribution is -0.274. The highest BCUT2D eigenvalue weighted by Crippen LogP contribution is 2.38. The lowest BCUT2D eigenvalue weighted by Gasteiger charge is -2.25. The molecule has 0 saturated carbocycles. The molecule has 0 aromatic heterocycles. The molecule has 190 valence electrons. The third kappa shape index (κ3) is 8.62. The van der Waals surface area contributed by atoms with E-state index in [1.807, 2.05) is 6.92 Å². The van der Waals surface area contributed by atoms with E-state index in [9.17, 15) is 32.7 Å². The summed E-state index contributed by atoms with van der Waals surface area (Å²) in [5.74, 6) is -3.84. The second-order valence-electron chi connectivity index (χ2n) is 7.76. The number of carbonyl (C=O) groups excluding carboxylic acids is 2. The van der Waals surface area contributed by atoms with E-state index in [0.717, 1.165) is 12.1 Å². The molecule has 0 aliphatic rings. The van der Waals surface area contributed by atoms with E-state index in [-0.39, 0.29) is 25.5 Å². The number of esters is 1. The zero-order valence-corrected chi connectivity index (χ0v) is 19.4. The van der Waals surface area contributed by atoms with Crippen LogP contribution >= 0.6 is 0 Å². The summed E-state index contributed by atoms with van der Waals surface area (Å²) in [6.07, 6.45) is -3.63. The summed E-state index contributed by atoms with van der Waals surface area (Å²) in [5, 5.41) is 12.6. The van der Waals surface area contributed by atoms with E-state index < -0.39 is 35.9 Å². The molecule has 2 rings (SSSR count). The standard InChI is InChI=1S/C25H28F3NO6/c1-3-5-20(22(24(32)33)17-10-12-19(13-11-17)35-25(26,27)28)16-6-8-18(9-7-16)23(31)29-15-14-21(30)34-4-2/h6-13,20,22H,3-5,14-15H2,1-2H3,(H,29,31)(H,32,33)/t20-,22+/m0/s1. The second kappa shape index (κ2) is 12.8. The molecule has 1 amide bonds. The van der Waals surface area contributed by atoms with Gasteiger partial charge in [-0.3, -0.25) is 14.4 Å². The number of rotatable bonds is 12. The van der Waals surface area contributed by atoms with Crippen molar-refractivity contribution < 1.29 is 42.1 Å². The van der Waals surface area contributed by atoms with Crippen LogP contribution in [-0.4, -0.2) is 42.5 Å². The van der Waals surface area contributed by atoms with Gasteiger partial charge in [-0.2, -0.15) is 0 Å². The summed E-state index contributed by atoms with van der Waals surface area (Å²) >= 11 is 0. The molecular formula is C25H28F3NO6. The number of halogens is 3. The molecule has 0 unspecified atom stereocenters. The lowest BCUT2D eigenvalue weighted by atomic mass is 9.78. The summed E-state index contributed by atoms with van der Waals surface area (Å²) in [4.78, 5) is 35.9. The first kappa shape index (κ1) is 27.7. The molecule has 2 aromatic carbocycles. The smallest absolute Gasteiger partial charge is 0.481 e. The second-order valence-corrected chi connectivity index (χ2v) is 7.76. The number of ether oxygens (including phenoxy) is 2. The SMILES string of the molecule is CCC[C@@H](c1ccc(C(=O)NCCC(=O)OCC)cc1)[C@H](C(=O)O)c1ccc(OC(F)(F)F)cc1. The number of aliphatic carboxylic acids is 1. The molecule has 7 nitrogen and oxygen atoms in total. The molecule has 0 bridgehead atoms.